The molecular weight excluding hydrogens is 485 g/mol. The summed E-state index contributed by atoms with van der Waals surface area (Å²) in [7, 11) is -2.84. The van der Waals surface area contributed by atoms with Crippen molar-refractivity contribution in [3.8, 4) is 0 Å². The maximum atomic E-state index is 11.8. The van der Waals surface area contributed by atoms with E-state index in [1.807, 2.05) is 0 Å². The van der Waals surface area contributed by atoms with E-state index >= 15 is 0 Å². The Morgan fingerprint density at radius 3 is 2.61 bits per heavy atom. The smallest absolute Gasteiger partial charge is 0.198 e. The monoisotopic (exact) mass is 515 g/mol. The predicted octanol–water partition coefficient (Wildman–Crippen LogP) is 3.48. The van der Waals surface area contributed by atoms with E-state index in [0.29, 0.717) is 24.1 Å². The number of anilines is 1. The zero-order chi connectivity index (χ0) is 18.5. The second-order valence-corrected chi connectivity index (χ2v) is 11.2. The Balaban J connectivity index is 0.00000192. The van der Waals surface area contributed by atoms with Crippen LogP contribution >= 0.6 is 24.0 Å². The van der Waals surface area contributed by atoms with Gasteiger partial charge >= 0.3 is 0 Å². The van der Waals surface area contributed by atoms with Crippen LogP contribution in [0.25, 0.3) is 0 Å². The molecule has 1 saturated heterocycles. The van der Waals surface area contributed by atoms with Crippen LogP contribution in [0.3, 0.4) is 0 Å². The van der Waals surface area contributed by atoms with Gasteiger partial charge in [0, 0.05) is 30.2 Å². The van der Waals surface area contributed by atoms with Gasteiger partial charge in [0.25, 0.3) is 0 Å². The SMILES string of the molecule is I.O=S1(=O)CCC(CN=C(NC2CC2)N2CC3(CCCC3)c3ccccc32)C1. The number of para-hydroxylation sites is 1. The first-order chi connectivity index (χ1) is 13.0. The Labute approximate surface area is 185 Å². The summed E-state index contributed by atoms with van der Waals surface area (Å²) in [4.78, 5) is 7.35. The van der Waals surface area contributed by atoms with E-state index in [9.17, 15) is 8.42 Å². The fraction of sp³-hybridized carbons (Fsp3) is 0.667. The molecular formula is C21H30IN3O2S. The Hall–Kier alpha value is -0.830. The molecule has 0 bridgehead atoms. The summed E-state index contributed by atoms with van der Waals surface area (Å²) in [6.07, 6.45) is 8.31. The highest BCUT2D eigenvalue weighted by Crippen LogP contribution is 2.50. The topological polar surface area (TPSA) is 61.8 Å². The van der Waals surface area contributed by atoms with Crippen LogP contribution in [0.15, 0.2) is 29.3 Å². The average molecular weight is 515 g/mol. The molecule has 2 heterocycles. The van der Waals surface area contributed by atoms with Gasteiger partial charge < -0.3 is 10.2 Å². The molecule has 28 heavy (non-hydrogen) atoms. The molecule has 5 rings (SSSR count). The van der Waals surface area contributed by atoms with Gasteiger partial charge in [0.1, 0.15) is 0 Å². The Kier molecular flexibility index (Phi) is 5.68. The van der Waals surface area contributed by atoms with E-state index in [4.69, 9.17) is 4.99 Å². The van der Waals surface area contributed by atoms with E-state index in [1.54, 1.807) is 0 Å². The van der Waals surface area contributed by atoms with E-state index in [1.165, 1.54) is 49.8 Å². The van der Waals surface area contributed by atoms with E-state index in [2.05, 4.69) is 34.5 Å². The lowest BCUT2D eigenvalue weighted by Crippen LogP contribution is -2.44. The van der Waals surface area contributed by atoms with Crippen molar-refractivity contribution in [2.24, 2.45) is 10.9 Å². The Morgan fingerprint density at radius 2 is 1.93 bits per heavy atom. The number of guanidine groups is 1. The van der Waals surface area contributed by atoms with Crippen LogP contribution in [-0.4, -0.2) is 45.0 Å². The summed E-state index contributed by atoms with van der Waals surface area (Å²) >= 11 is 0. The maximum absolute atomic E-state index is 11.8. The molecule has 1 N–H and O–H groups in total. The lowest BCUT2D eigenvalue weighted by molar-refractivity contribution is 0.477. The fourth-order valence-corrected chi connectivity index (χ4v) is 7.00. The predicted molar refractivity (Wildman–Crippen MR) is 125 cm³/mol. The van der Waals surface area contributed by atoms with Crippen LogP contribution < -0.4 is 10.2 Å². The average Bonchev–Trinajstić information content (AvgIpc) is 3.10. The molecule has 0 radical (unpaired) electrons. The van der Waals surface area contributed by atoms with Crippen molar-refractivity contribution in [3.05, 3.63) is 29.8 Å². The van der Waals surface area contributed by atoms with E-state index in [-0.39, 0.29) is 35.3 Å². The van der Waals surface area contributed by atoms with Crippen LogP contribution in [-0.2, 0) is 15.3 Å². The van der Waals surface area contributed by atoms with Gasteiger partial charge in [-0.2, -0.15) is 0 Å². The third-order valence-corrected chi connectivity index (χ3v) is 8.62. The number of aliphatic imine (C=N–C) groups is 1. The molecule has 4 aliphatic rings. The number of sulfone groups is 1. The molecule has 3 fully saturated rings. The lowest BCUT2D eigenvalue weighted by atomic mass is 9.81. The third-order valence-electron chi connectivity index (χ3n) is 6.78. The lowest BCUT2D eigenvalue weighted by Gasteiger charge is -2.27. The number of benzene rings is 1. The van der Waals surface area contributed by atoms with Gasteiger partial charge in [-0.25, -0.2) is 8.42 Å². The quantitative estimate of drug-likeness (QED) is 0.381. The van der Waals surface area contributed by atoms with E-state index < -0.39 is 9.84 Å². The zero-order valence-electron chi connectivity index (χ0n) is 16.3. The summed E-state index contributed by atoms with van der Waals surface area (Å²) < 4.78 is 23.6. The fourth-order valence-electron chi connectivity index (χ4n) is 5.15. The zero-order valence-corrected chi connectivity index (χ0v) is 19.4. The number of halogens is 1. The largest absolute Gasteiger partial charge is 0.353 e. The first kappa shape index (κ1) is 20.4. The van der Waals surface area contributed by atoms with Gasteiger partial charge in [-0.05, 0) is 49.7 Å². The van der Waals surface area contributed by atoms with Crippen molar-refractivity contribution < 1.29 is 8.42 Å². The highest BCUT2D eigenvalue weighted by atomic mass is 127. The van der Waals surface area contributed by atoms with Crippen molar-refractivity contribution >= 4 is 45.5 Å². The minimum Gasteiger partial charge on any atom is -0.353 e. The Bertz CT molecular complexity index is 860. The molecule has 7 heteroatoms. The molecule has 5 nitrogen and oxygen atoms in total. The van der Waals surface area contributed by atoms with Crippen LogP contribution in [0, 0.1) is 5.92 Å². The van der Waals surface area contributed by atoms with Crippen molar-refractivity contribution in [2.45, 2.75) is 56.4 Å². The van der Waals surface area contributed by atoms with Gasteiger partial charge in [0.05, 0.1) is 11.5 Å². The first-order valence-corrected chi connectivity index (χ1v) is 12.3. The number of hydrogen-bond acceptors (Lipinski definition) is 3. The number of nitrogens with zero attached hydrogens (tertiary/aromatic N) is 2. The minimum atomic E-state index is -2.84. The second-order valence-electron chi connectivity index (χ2n) is 8.94. The summed E-state index contributed by atoms with van der Waals surface area (Å²) in [5.41, 5.74) is 3.06. The van der Waals surface area contributed by atoms with Crippen LogP contribution in [0.5, 0.6) is 0 Å². The molecule has 0 amide bonds. The normalized spacial score (nSPS) is 27.6. The summed E-state index contributed by atoms with van der Waals surface area (Å²) in [6.45, 7) is 1.62. The summed E-state index contributed by atoms with van der Waals surface area (Å²) in [5.74, 6) is 1.77. The van der Waals surface area contributed by atoms with Crippen molar-refractivity contribution in [2.75, 3.05) is 29.5 Å². The van der Waals surface area contributed by atoms with Gasteiger partial charge in [-0.1, -0.05) is 31.0 Å². The molecule has 2 aliphatic heterocycles. The Morgan fingerprint density at radius 1 is 1.18 bits per heavy atom. The summed E-state index contributed by atoms with van der Waals surface area (Å²) in [6, 6.07) is 9.35. The minimum absolute atomic E-state index is 0. The highest BCUT2D eigenvalue weighted by Gasteiger charge is 2.46. The summed E-state index contributed by atoms with van der Waals surface area (Å²) in [5, 5.41) is 3.65. The molecule has 2 saturated carbocycles. The number of fused-ring (bicyclic) bond motifs is 2. The van der Waals surface area contributed by atoms with Crippen LogP contribution in [0.4, 0.5) is 5.69 Å². The van der Waals surface area contributed by atoms with Crippen LogP contribution in [0.2, 0.25) is 0 Å². The van der Waals surface area contributed by atoms with Crippen LogP contribution in [0.1, 0.15) is 50.5 Å². The molecule has 1 spiro atoms. The highest BCUT2D eigenvalue weighted by molar-refractivity contribution is 14.0. The number of nitrogens with one attached hydrogen (secondary N) is 1. The van der Waals surface area contributed by atoms with Gasteiger partial charge in [0.2, 0.25) is 0 Å². The molecule has 1 atom stereocenters. The number of rotatable bonds is 3. The third kappa shape index (κ3) is 3.93. The molecule has 1 aromatic rings. The molecule has 0 aromatic heterocycles. The van der Waals surface area contributed by atoms with Crippen molar-refractivity contribution in [3.63, 3.8) is 0 Å². The number of hydrogen-bond donors (Lipinski definition) is 1. The molecule has 154 valence electrons. The van der Waals surface area contributed by atoms with Gasteiger partial charge in [-0.15, -0.1) is 24.0 Å². The first-order valence-electron chi connectivity index (χ1n) is 10.4. The molecule has 1 aromatic carbocycles. The second kappa shape index (κ2) is 7.78. The van der Waals surface area contributed by atoms with Gasteiger partial charge in [-0.3, -0.25) is 4.99 Å². The molecule has 2 aliphatic carbocycles. The maximum Gasteiger partial charge on any atom is 0.198 e. The van der Waals surface area contributed by atoms with Crippen molar-refractivity contribution in [1.82, 2.24) is 5.32 Å². The standard InChI is InChI=1S/C21H29N3O2S.HI/c25-27(26)12-9-16(14-27)13-22-20(23-17-7-8-17)24-15-21(10-3-4-11-21)18-5-1-2-6-19(18)24;/h1-2,5-6,16-17H,3-4,7-15H2,(H,22,23);1H. The molecule has 1 unspecified atom stereocenters. The van der Waals surface area contributed by atoms with Crippen molar-refractivity contribution in [1.29, 1.82) is 0 Å². The van der Waals surface area contributed by atoms with E-state index in [0.717, 1.165) is 18.9 Å². The van der Waals surface area contributed by atoms with Gasteiger partial charge in [0.15, 0.2) is 15.8 Å².